The van der Waals surface area contributed by atoms with Gasteiger partial charge in [-0.3, -0.25) is 0 Å². The lowest BCUT2D eigenvalue weighted by Gasteiger charge is -2.18. The summed E-state index contributed by atoms with van der Waals surface area (Å²) in [4.78, 5) is 0. The maximum Gasteiger partial charge on any atom is 0.131 e. The normalized spacial score (nSPS) is 11.1. The van der Waals surface area contributed by atoms with Crippen LogP contribution in [0.15, 0.2) is 196 Å². The summed E-state index contributed by atoms with van der Waals surface area (Å²) in [6.07, 6.45) is 6.96. The average Bonchev–Trinajstić information content (AvgIpc) is 3.33. The highest BCUT2D eigenvalue weighted by Gasteiger charge is 2.16. The van der Waals surface area contributed by atoms with Crippen LogP contribution < -0.4 is 14.2 Å². The summed E-state index contributed by atoms with van der Waals surface area (Å²) in [7, 11) is 0. The molecule has 0 atom stereocenters. The molecular formula is C59H48O3. The molecule has 3 nitrogen and oxygen atoms in total. The minimum atomic E-state index is 0.438. The molecule has 0 radical (unpaired) electrons. The van der Waals surface area contributed by atoms with Gasteiger partial charge in [0.2, 0.25) is 0 Å². The van der Waals surface area contributed by atoms with E-state index in [0.29, 0.717) is 32.7 Å². The Balaban J connectivity index is 1.05. The van der Waals surface area contributed by atoms with Crippen LogP contribution in [0.25, 0.3) is 50.5 Å². The highest BCUT2D eigenvalue weighted by atomic mass is 16.5. The van der Waals surface area contributed by atoms with Gasteiger partial charge in [0.05, 0.1) is 0 Å². The molecule has 0 N–H and O–H groups in total. The van der Waals surface area contributed by atoms with Crippen LogP contribution in [-0.4, -0.2) is 0 Å². The number of hydrogen-bond acceptors (Lipinski definition) is 3. The molecule has 0 heterocycles. The Morgan fingerprint density at radius 1 is 0.339 bits per heavy atom. The first-order valence-electron chi connectivity index (χ1n) is 21.1. The van der Waals surface area contributed by atoms with E-state index < -0.39 is 0 Å². The molecule has 0 aliphatic rings. The van der Waals surface area contributed by atoms with Crippen molar-refractivity contribution in [3.63, 3.8) is 0 Å². The first-order chi connectivity index (χ1) is 30.5. The fourth-order valence-electron chi connectivity index (χ4n) is 8.09. The predicted molar refractivity (Wildman–Crippen MR) is 260 cm³/mol. The fourth-order valence-corrected chi connectivity index (χ4v) is 8.09. The minimum Gasteiger partial charge on any atom is -0.488 e. The van der Waals surface area contributed by atoms with Gasteiger partial charge in [-0.15, -0.1) is 0 Å². The van der Waals surface area contributed by atoms with E-state index in [1.165, 1.54) is 11.1 Å². The molecule has 9 aromatic carbocycles. The maximum absolute atomic E-state index is 6.90. The van der Waals surface area contributed by atoms with E-state index in [4.69, 9.17) is 14.2 Å². The molecule has 9 aromatic rings. The van der Waals surface area contributed by atoms with Gasteiger partial charge in [-0.25, -0.2) is 0 Å². The minimum absolute atomic E-state index is 0.438. The summed E-state index contributed by atoms with van der Waals surface area (Å²) in [5.74, 6) is 2.67. The van der Waals surface area contributed by atoms with Gasteiger partial charge in [0.1, 0.15) is 37.1 Å². The van der Waals surface area contributed by atoms with Crippen molar-refractivity contribution in [2.45, 2.75) is 32.7 Å². The summed E-state index contributed by atoms with van der Waals surface area (Å²) in [5.41, 5.74) is 11.2. The lowest BCUT2D eigenvalue weighted by atomic mass is 9.94. The van der Waals surface area contributed by atoms with E-state index >= 15 is 0 Å². The van der Waals surface area contributed by atoms with Crippen molar-refractivity contribution in [3.8, 4) is 17.2 Å². The standard InChI is InChI=1S/C59H48O3/c1-4-41-14-20-44(21-15-41)38-60-57-13-9-11-50-28-26-47(36-55(50)57)34-53-33-31-51-29-27-48(37-56(51)59(53)62-40-46-24-18-43(6-3)19-25-46)35-52-32-30-49-10-7-8-12-54(49)58(52)61-39-45-22-16-42(5-2)17-23-45/h4-33,36-37H,1-3,34-35,38-40H2. The van der Waals surface area contributed by atoms with E-state index in [-0.39, 0.29) is 0 Å². The Hall–Kier alpha value is -7.62. The van der Waals surface area contributed by atoms with E-state index in [1.807, 2.05) is 18.2 Å². The Morgan fingerprint density at radius 2 is 0.742 bits per heavy atom. The highest BCUT2D eigenvalue weighted by Crippen LogP contribution is 2.37. The molecule has 9 rings (SSSR count). The van der Waals surface area contributed by atoms with Gasteiger partial charge in [0, 0.05) is 29.0 Å². The first kappa shape index (κ1) is 39.8. The van der Waals surface area contributed by atoms with Crippen LogP contribution in [0.2, 0.25) is 0 Å². The van der Waals surface area contributed by atoms with E-state index in [9.17, 15) is 0 Å². The molecule has 3 heteroatoms. The van der Waals surface area contributed by atoms with Crippen molar-refractivity contribution in [2.24, 2.45) is 0 Å². The van der Waals surface area contributed by atoms with Gasteiger partial charge in [-0.2, -0.15) is 0 Å². The predicted octanol–water partition coefficient (Wildman–Crippen LogP) is 15.0. The number of rotatable bonds is 16. The molecule has 0 fully saturated rings. The van der Waals surface area contributed by atoms with Crippen LogP contribution in [0.3, 0.4) is 0 Å². The van der Waals surface area contributed by atoms with Crippen molar-refractivity contribution >= 4 is 50.5 Å². The third-order valence-corrected chi connectivity index (χ3v) is 11.6. The Morgan fingerprint density at radius 3 is 1.27 bits per heavy atom. The van der Waals surface area contributed by atoms with Gasteiger partial charge >= 0.3 is 0 Å². The van der Waals surface area contributed by atoms with Crippen molar-refractivity contribution in [1.29, 1.82) is 0 Å². The third kappa shape index (κ3) is 8.94. The molecule has 302 valence electrons. The number of fused-ring (bicyclic) bond motifs is 3. The molecule has 0 unspecified atom stereocenters. The van der Waals surface area contributed by atoms with Crippen LogP contribution in [-0.2, 0) is 32.7 Å². The zero-order valence-corrected chi connectivity index (χ0v) is 34.9. The van der Waals surface area contributed by atoms with Gasteiger partial charge < -0.3 is 14.2 Å². The van der Waals surface area contributed by atoms with E-state index in [1.54, 1.807) is 0 Å². The molecule has 0 aromatic heterocycles. The largest absolute Gasteiger partial charge is 0.488 e. The van der Waals surface area contributed by atoms with Gasteiger partial charge in [-0.05, 0) is 90.0 Å². The smallest absolute Gasteiger partial charge is 0.131 e. The zero-order chi connectivity index (χ0) is 42.3. The number of hydrogen-bond donors (Lipinski definition) is 0. The Bertz CT molecular complexity index is 3050. The summed E-state index contributed by atoms with van der Waals surface area (Å²) < 4.78 is 20.0. The van der Waals surface area contributed by atoms with Crippen LogP contribution in [0.1, 0.15) is 55.6 Å². The molecule has 0 saturated heterocycles. The second-order valence-electron chi connectivity index (χ2n) is 15.8. The lowest BCUT2D eigenvalue weighted by Crippen LogP contribution is -2.02. The quantitative estimate of drug-likeness (QED) is 0.0974. The van der Waals surface area contributed by atoms with Crippen molar-refractivity contribution in [1.82, 2.24) is 0 Å². The molecular weight excluding hydrogens is 757 g/mol. The maximum atomic E-state index is 6.90. The van der Waals surface area contributed by atoms with E-state index in [0.717, 1.165) is 94.1 Å². The van der Waals surface area contributed by atoms with Crippen LogP contribution >= 0.6 is 0 Å². The van der Waals surface area contributed by atoms with Crippen LogP contribution in [0.5, 0.6) is 17.2 Å². The fraction of sp³-hybridized carbons (Fsp3) is 0.0847. The molecule has 0 aliphatic heterocycles. The number of ether oxygens (including phenoxy) is 3. The first-order valence-corrected chi connectivity index (χ1v) is 21.1. The average molecular weight is 805 g/mol. The molecule has 0 bridgehead atoms. The summed E-state index contributed by atoms with van der Waals surface area (Å²) >= 11 is 0. The second-order valence-corrected chi connectivity index (χ2v) is 15.8. The van der Waals surface area contributed by atoms with Crippen molar-refractivity contribution in [2.75, 3.05) is 0 Å². The van der Waals surface area contributed by atoms with Gasteiger partial charge in [0.25, 0.3) is 0 Å². The third-order valence-electron chi connectivity index (χ3n) is 11.6. The molecule has 0 aliphatic carbocycles. The summed E-state index contributed by atoms with van der Waals surface area (Å²) in [6, 6.07) is 62.0. The monoisotopic (exact) mass is 804 g/mol. The second kappa shape index (κ2) is 18.3. The van der Waals surface area contributed by atoms with Gasteiger partial charge in [0.15, 0.2) is 0 Å². The van der Waals surface area contributed by atoms with Crippen LogP contribution in [0.4, 0.5) is 0 Å². The van der Waals surface area contributed by atoms with Crippen LogP contribution in [0, 0.1) is 0 Å². The molecule has 0 amide bonds. The highest BCUT2D eigenvalue weighted by molar-refractivity contribution is 5.92. The molecule has 0 saturated carbocycles. The molecule has 62 heavy (non-hydrogen) atoms. The van der Waals surface area contributed by atoms with Crippen molar-refractivity contribution in [3.05, 3.63) is 251 Å². The summed E-state index contributed by atoms with van der Waals surface area (Å²) in [5, 5.41) is 6.69. The Labute approximate surface area is 364 Å². The van der Waals surface area contributed by atoms with E-state index in [2.05, 4.69) is 196 Å². The molecule has 0 spiro atoms. The lowest BCUT2D eigenvalue weighted by molar-refractivity contribution is 0.307. The topological polar surface area (TPSA) is 27.7 Å². The number of benzene rings is 9. The zero-order valence-electron chi connectivity index (χ0n) is 34.9. The summed E-state index contributed by atoms with van der Waals surface area (Å²) in [6.45, 7) is 13.1. The van der Waals surface area contributed by atoms with Gasteiger partial charge in [-0.1, -0.05) is 196 Å². The van der Waals surface area contributed by atoms with Crippen molar-refractivity contribution < 1.29 is 14.2 Å². The Kier molecular flexibility index (Phi) is 11.8. The SMILES string of the molecule is C=Cc1ccc(COc2cccc3ccc(Cc4ccc5ccc(Cc6ccc7ccccc7c6OCc6ccc(C=C)cc6)cc5c4OCc4ccc(C=C)cc4)cc23)cc1.